The van der Waals surface area contributed by atoms with Gasteiger partial charge in [0.2, 0.25) is 5.91 Å². The van der Waals surface area contributed by atoms with Crippen molar-refractivity contribution < 1.29 is 9.18 Å². The summed E-state index contributed by atoms with van der Waals surface area (Å²) in [5, 5.41) is 6.18. The number of rotatable bonds is 3. The lowest BCUT2D eigenvalue weighted by atomic mass is 9.93. The summed E-state index contributed by atoms with van der Waals surface area (Å²) < 4.78 is 13.1. The van der Waals surface area contributed by atoms with Crippen LogP contribution in [0.2, 0.25) is 0 Å². The molecule has 104 valence electrons. The van der Waals surface area contributed by atoms with E-state index in [9.17, 15) is 9.18 Å². The van der Waals surface area contributed by atoms with E-state index in [1.54, 1.807) is 6.07 Å². The highest BCUT2D eigenvalue weighted by molar-refractivity contribution is 5.82. The lowest BCUT2D eigenvalue weighted by molar-refractivity contribution is -0.124. The van der Waals surface area contributed by atoms with Crippen LogP contribution >= 0.6 is 0 Å². The molecule has 0 bridgehead atoms. The topological polar surface area (TPSA) is 41.1 Å². The first-order valence-electron chi connectivity index (χ1n) is 6.85. The second-order valence-electron chi connectivity index (χ2n) is 5.42. The molecular weight excluding hydrogens is 243 g/mol. The number of piperidine rings is 1. The fourth-order valence-electron chi connectivity index (χ4n) is 2.48. The molecule has 4 heteroatoms. The molecule has 1 aromatic rings. The maximum absolute atomic E-state index is 13.1. The molecule has 0 saturated carbocycles. The van der Waals surface area contributed by atoms with Crippen molar-refractivity contribution in [1.82, 2.24) is 10.6 Å². The van der Waals surface area contributed by atoms with Gasteiger partial charge in [-0.1, -0.05) is 19.1 Å². The zero-order valence-electron chi connectivity index (χ0n) is 11.4. The molecule has 2 rings (SSSR count). The van der Waals surface area contributed by atoms with Gasteiger partial charge in [0.05, 0.1) is 12.1 Å². The van der Waals surface area contributed by atoms with Crippen LogP contribution in [0.3, 0.4) is 0 Å². The highest BCUT2D eigenvalue weighted by Crippen LogP contribution is 2.17. The van der Waals surface area contributed by atoms with Crippen molar-refractivity contribution in [3.8, 4) is 0 Å². The van der Waals surface area contributed by atoms with Gasteiger partial charge in [-0.15, -0.1) is 0 Å². The summed E-state index contributed by atoms with van der Waals surface area (Å²) in [7, 11) is 0. The first kappa shape index (κ1) is 14.0. The monoisotopic (exact) mass is 264 g/mol. The minimum absolute atomic E-state index is 0.00307. The van der Waals surface area contributed by atoms with E-state index in [1.165, 1.54) is 12.1 Å². The smallest absolute Gasteiger partial charge is 0.237 e. The Kier molecular flexibility index (Phi) is 4.53. The van der Waals surface area contributed by atoms with E-state index in [1.807, 2.05) is 13.0 Å². The number of carbonyl (C=O) groups excluding carboxylic acids is 1. The number of benzene rings is 1. The molecule has 1 aliphatic rings. The van der Waals surface area contributed by atoms with E-state index in [4.69, 9.17) is 0 Å². The lowest BCUT2D eigenvalue weighted by Crippen LogP contribution is -2.48. The van der Waals surface area contributed by atoms with Crippen LogP contribution in [0.15, 0.2) is 24.3 Å². The van der Waals surface area contributed by atoms with Gasteiger partial charge in [-0.05, 0) is 49.9 Å². The zero-order valence-corrected chi connectivity index (χ0v) is 11.4. The SMILES string of the molecule is CC1CCNC(C(=O)N[C@H](C)c2cccc(F)c2)C1. The van der Waals surface area contributed by atoms with E-state index in [-0.39, 0.29) is 23.8 Å². The average molecular weight is 264 g/mol. The van der Waals surface area contributed by atoms with Crippen LogP contribution in [0.1, 0.15) is 38.3 Å². The number of carbonyl (C=O) groups is 1. The predicted molar refractivity (Wildman–Crippen MR) is 73.1 cm³/mol. The van der Waals surface area contributed by atoms with Crippen molar-refractivity contribution in [3.05, 3.63) is 35.6 Å². The molecule has 3 nitrogen and oxygen atoms in total. The van der Waals surface area contributed by atoms with Gasteiger partial charge in [-0.2, -0.15) is 0 Å². The maximum Gasteiger partial charge on any atom is 0.237 e. The Morgan fingerprint density at radius 3 is 3.00 bits per heavy atom. The predicted octanol–water partition coefficient (Wildman–Crippen LogP) is 2.39. The van der Waals surface area contributed by atoms with Crippen LogP contribution < -0.4 is 10.6 Å². The van der Waals surface area contributed by atoms with Crippen molar-refractivity contribution in [2.45, 2.75) is 38.8 Å². The third-order valence-electron chi connectivity index (χ3n) is 3.69. The summed E-state index contributed by atoms with van der Waals surface area (Å²) >= 11 is 0. The van der Waals surface area contributed by atoms with Gasteiger partial charge in [-0.3, -0.25) is 4.79 Å². The molecule has 0 spiro atoms. The van der Waals surface area contributed by atoms with Crippen LogP contribution in [0.5, 0.6) is 0 Å². The lowest BCUT2D eigenvalue weighted by Gasteiger charge is -2.28. The summed E-state index contributed by atoms with van der Waals surface area (Å²) in [5.74, 6) is 0.299. The van der Waals surface area contributed by atoms with E-state index in [0.29, 0.717) is 5.92 Å². The van der Waals surface area contributed by atoms with Gasteiger partial charge >= 0.3 is 0 Å². The van der Waals surface area contributed by atoms with Crippen LogP contribution in [-0.2, 0) is 4.79 Å². The molecule has 2 N–H and O–H groups in total. The van der Waals surface area contributed by atoms with Crippen LogP contribution in [0.4, 0.5) is 4.39 Å². The van der Waals surface area contributed by atoms with E-state index in [0.717, 1.165) is 24.9 Å². The van der Waals surface area contributed by atoms with Gasteiger partial charge < -0.3 is 10.6 Å². The second-order valence-corrected chi connectivity index (χ2v) is 5.42. The molecule has 0 aliphatic carbocycles. The van der Waals surface area contributed by atoms with Crippen molar-refractivity contribution >= 4 is 5.91 Å². The van der Waals surface area contributed by atoms with Crippen LogP contribution in [0, 0.1) is 11.7 Å². The zero-order chi connectivity index (χ0) is 13.8. The number of halogens is 1. The maximum atomic E-state index is 13.1. The number of amides is 1. The molecule has 1 aromatic carbocycles. The third kappa shape index (κ3) is 3.77. The molecule has 1 amide bonds. The fraction of sp³-hybridized carbons (Fsp3) is 0.533. The molecule has 0 aromatic heterocycles. The number of nitrogens with one attached hydrogen (secondary N) is 2. The fourth-order valence-corrected chi connectivity index (χ4v) is 2.48. The van der Waals surface area contributed by atoms with Crippen molar-refractivity contribution in [2.75, 3.05) is 6.54 Å². The Balaban J connectivity index is 1.94. The Labute approximate surface area is 113 Å². The largest absolute Gasteiger partial charge is 0.348 e. The van der Waals surface area contributed by atoms with Crippen LogP contribution in [0.25, 0.3) is 0 Å². The van der Waals surface area contributed by atoms with Crippen molar-refractivity contribution in [3.63, 3.8) is 0 Å². The van der Waals surface area contributed by atoms with E-state index < -0.39 is 0 Å². The molecule has 3 atom stereocenters. The highest BCUT2D eigenvalue weighted by atomic mass is 19.1. The van der Waals surface area contributed by atoms with Gasteiger partial charge in [0, 0.05) is 0 Å². The molecule has 1 fully saturated rings. The van der Waals surface area contributed by atoms with E-state index in [2.05, 4.69) is 17.6 Å². The molecular formula is C15H21FN2O. The highest BCUT2D eigenvalue weighted by Gasteiger charge is 2.25. The second kappa shape index (κ2) is 6.15. The Morgan fingerprint density at radius 2 is 2.32 bits per heavy atom. The molecule has 1 heterocycles. The molecule has 19 heavy (non-hydrogen) atoms. The Bertz CT molecular complexity index is 450. The number of hydrogen-bond donors (Lipinski definition) is 2. The van der Waals surface area contributed by atoms with Gasteiger partial charge in [0.15, 0.2) is 0 Å². The Hall–Kier alpha value is -1.42. The summed E-state index contributed by atoms with van der Waals surface area (Å²) in [6.07, 6.45) is 1.98. The first-order chi connectivity index (χ1) is 9.06. The van der Waals surface area contributed by atoms with Gasteiger partial charge in [0.1, 0.15) is 5.82 Å². The molecule has 0 radical (unpaired) electrons. The normalized spacial score (nSPS) is 24.8. The van der Waals surface area contributed by atoms with E-state index >= 15 is 0 Å². The first-order valence-corrected chi connectivity index (χ1v) is 6.85. The summed E-state index contributed by atoms with van der Waals surface area (Å²) in [5.41, 5.74) is 0.789. The molecule has 1 saturated heterocycles. The minimum atomic E-state index is -0.275. The number of hydrogen-bond acceptors (Lipinski definition) is 2. The van der Waals surface area contributed by atoms with Crippen LogP contribution in [-0.4, -0.2) is 18.5 Å². The molecule has 2 unspecified atom stereocenters. The molecule has 1 aliphatic heterocycles. The Morgan fingerprint density at radius 1 is 1.53 bits per heavy atom. The third-order valence-corrected chi connectivity index (χ3v) is 3.69. The van der Waals surface area contributed by atoms with Gasteiger partial charge in [-0.25, -0.2) is 4.39 Å². The standard InChI is InChI=1S/C15H21FN2O/c1-10-6-7-17-14(8-10)15(19)18-11(2)12-4-3-5-13(16)9-12/h3-5,9-11,14,17H,6-8H2,1-2H3,(H,18,19)/t10?,11-,14?/m1/s1. The summed E-state index contributed by atoms with van der Waals surface area (Å²) in [6.45, 7) is 4.92. The average Bonchev–Trinajstić information content (AvgIpc) is 2.38. The quantitative estimate of drug-likeness (QED) is 0.880. The summed E-state index contributed by atoms with van der Waals surface area (Å²) in [4.78, 5) is 12.1. The summed E-state index contributed by atoms with van der Waals surface area (Å²) in [6, 6.07) is 6.05. The minimum Gasteiger partial charge on any atom is -0.348 e. The van der Waals surface area contributed by atoms with Crippen molar-refractivity contribution in [1.29, 1.82) is 0 Å². The van der Waals surface area contributed by atoms with Crippen molar-refractivity contribution in [2.24, 2.45) is 5.92 Å². The van der Waals surface area contributed by atoms with Gasteiger partial charge in [0.25, 0.3) is 0 Å².